The van der Waals surface area contributed by atoms with Crippen molar-refractivity contribution >= 4 is 34.8 Å². The first-order valence-electron chi connectivity index (χ1n) is 11.2. The highest BCUT2D eigenvalue weighted by Gasteiger charge is 2.37. The van der Waals surface area contributed by atoms with Crippen LogP contribution in [0.1, 0.15) is 11.1 Å². The zero-order chi connectivity index (χ0) is 28.3. The smallest absolute Gasteiger partial charge is 0.422 e. The van der Waals surface area contributed by atoms with Crippen LogP contribution in [-0.2, 0) is 6.18 Å². The fourth-order valence-corrected chi connectivity index (χ4v) is 3.66. The molecule has 1 aromatic heterocycles. The van der Waals surface area contributed by atoms with E-state index in [2.05, 4.69) is 30.3 Å². The second-order valence-electron chi connectivity index (χ2n) is 8.38. The van der Waals surface area contributed by atoms with Crippen molar-refractivity contribution in [1.29, 1.82) is 0 Å². The van der Waals surface area contributed by atoms with Gasteiger partial charge in [0.2, 0.25) is 11.9 Å². The average molecular weight is 574 g/mol. The van der Waals surface area contributed by atoms with Crippen LogP contribution in [-0.4, -0.2) is 45.3 Å². The number of rotatable bonds is 8. The topological polar surface area (TPSA) is 72.0 Å². The number of nitrogens with zero attached hydrogens (tertiary/aromatic N) is 3. The normalized spacial score (nSPS) is 19.4. The van der Waals surface area contributed by atoms with Crippen molar-refractivity contribution in [2.75, 3.05) is 23.8 Å². The van der Waals surface area contributed by atoms with E-state index >= 15 is 4.39 Å². The van der Waals surface area contributed by atoms with E-state index < -0.39 is 47.5 Å². The number of hydrogen-bond acceptors (Lipinski definition) is 6. The first-order chi connectivity index (χ1) is 18.3. The Balaban J connectivity index is 1.54. The van der Waals surface area contributed by atoms with E-state index in [9.17, 15) is 26.3 Å². The number of hydrogen-bond donors (Lipinski definition) is 2. The van der Waals surface area contributed by atoms with Crippen molar-refractivity contribution in [3.05, 3.63) is 84.0 Å². The molecule has 3 aromatic rings. The van der Waals surface area contributed by atoms with E-state index in [1.807, 2.05) is 6.07 Å². The Morgan fingerprint density at radius 2 is 1.64 bits per heavy atom. The number of alkyl halides is 8. The van der Waals surface area contributed by atoms with E-state index in [1.54, 1.807) is 30.3 Å². The highest BCUT2D eigenvalue weighted by molar-refractivity contribution is 6.26. The summed E-state index contributed by atoms with van der Waals surface area (Å²) in [6.45, 7) is -2.04. The minimum Gasteiger partial charge on any atom is -0.454 e. The molecule has 2 unspecified atom stereocenters. The zero-order valence-corrected chi connectivity index (χ0v) is 20.4. The van der Waals surface area contributed by atoms with E-state index in [-0.39, 0.29) is 18.2 Å². The molecule has 0 aliphatic heterocycles. The fraction of sp³-hybridized carbons (Fsp3) is 0.240. The predicted molar refractivity (Wildman–Crippen MR) is 132 cm³/mol. The molecule has 206 valence electrons. The van der Waals surface area contributed by atoms with Crippen molar-refractivity contribution < 1.29 is 35.5 Å². The molecule has 0 spiro atoms. The Morgan fingerprint density at radius 1 is 0.923 bits per heavy atom. The summed E-state index contributed by atoms with van der Waals surface area (Å²) >= 11 is 6.48. The summed E-state index contributed by atoms with van der Waals surface area (Å²) in [5.74, 6) is -0.773. The van der Waals surface area contributed by atoms with Gasteiger partial charge >= 0.3 is 18.4 Å². The Bertz CT molecular complexity index is 1360. The van der Waals surface area contributed by atoms with Crippen molar-refractivity contribution in [3.8, 4) is 6.01 Å². The third kappa shape index (κ3) is 7.59. The molecule has 1 aliphatic rings. The monoisotopic (exact) mass is 573 g/mol. The highest BCUT2D eigenvalue weighted by atomic mass is 35.5. The van der Waals surface area contributed by atoms with Crippen molar-refractivity contribution in [1.82, 2.24) is 15.0 Å². The van der Waals surface area contributed by atoms with Crippen LogP contribution in [0.15, 0.2) is 72.8 Å². The number of halogens is 8. The molecular formula is C25H19ClF7N5O. The number of ether oxygens (including phenoxy) is 1. The van der Waals surface area contributed by atoms with Gasteiger partial charge in [-0.05, 0) is 35.4 Å². The second-order valence-corrected chi connectivity index (χ2v) is 9.08. The van der Waals surface area contributed by atoms with Crippen molar-refractivity contribution in [2.24, 2.45) is 0 Å². The third-order valence-corrected chi connectivity index (χ3v) is 5.84. The van der Waals surface area contributed by atoms with Gasteiger partial charge in [-0.1, -0.05) is 48.6 Å². The molecule has 6 nitrogen and oxygen atoms in total. The molecule has 0 fully saturated rings. The van der Waals surface area contributed by atoms with Crippen molar-refractivity contribution in [3.63, 3.8) is 0 Å². The maximum atomic E-state index is 15.1. The average Bonchev–Trinajstić information content (AvgIpc) is 2.88. The molecule has 0 bridgehead atoms. The summed E-state index contributed by atoms with van der Waals surface area (Å²) in [7, 11) is 0. The molecule has 2 aromatic carbocycles. The molecule has 0 radical (unpaired) electrons. The second kappa shape index (κ2) is 11.1. The Kier molecular flexibility index (Phi) is 8.00. The summed E-state index contributed by atoms with van der Waals surface area (Å²) < 4.78 is 96.9. The number of nitrogens with one attached hydrogen (secondary N) is 2. The zero-order valence-electron chi connectivity index (χ0n) is 19.7. The van der Waals surface area contributed by atoms with Gasteiger partial charge in [0.15, 0.2) is 6.61 Å². The Hall–Kier alpha value is -3.87. The highest BCUT2D eigenvalue weighted by Crippen LogP contribution is 2.35. The van der Waals surface area contributed by atoms with E-state index in [1.165, 1.54) is 18.2 Å². The van der Waals surface area contributed by atoms with Crippen LogP contribution in [0.4, 0.5) is 48.3 Å². The number of benzene rings is 2. The van der Waals surface area contributed by atoms with Gasteiger partial charge in [-0.3, -0.25) is 0 Å². The van der Waals surface area contributed by atoms with Crippen LogP contribution in [0.5, 0.6) is 6.01 Å². The molecule has 39 heavy (non-hydrogen) atoms. The maximum absolute atomic E-state index is 15.1. The van der Waals surface area contributed by atoms with Crippen LogP contribution in [0.25, 0.3) is 5.57 Å². The molecular weight excluding hydrogens is 555 g/mol. The lowest BCUT2D eigenvalue weighted by Gasteiger charge is -2.29. The molecule has 1 aliphatic carbocycles. The van der Waals surface area contributed by atoms with Crippen molar-refractivity contribution in [2.45, 2.75) is 23.4 Å². The van der Waals surface area contributed by atoms with Gasteiger partial charge in [0.05, 0.1) is 5.56 Å². The van der Waals surface area contributed by atoms with Gasteiger partial charge in [-0.25, -0.2) is 4.39 Å². The van der Waals surface area contributed by atoms with Gasteiger partial charge in [0.1, 0.15) is 11.0 Å². The quantitative estimate of drug-likeness (QED) is 0.224. The Morgan fingerprint density at radius 3 is 2.31 bits per heavy atom. The molecule has 2 atom stereocenters. The van der Waals surface area contributed by atoms with Crippen LogP contribution < -0.4 is 15.4 Å². The SMILES string of the molecule is FC1C=C(c2ccccc2)C=CC1(Cl)CNc1nc(Nc2cccc(C(F)(F)F)c2)nc(OCC(F)(F)F)n1. The predicted octanol–water partition coefficient (Wildman–Crippen LogP) is 6.96. The van der Waals surface area contributed by atoms with E-state index in [0.29, 0.717) is 5.57 Å². The number of allylic oxidation sites excluding steroid dienone is 3. The maximum Gasteiger partial charge on any atom is 0.422 e. The van der Waals surface area contributed by atoms with Crippen LogP contribution >= 0.6 is 11.6 Å². The minimum absolute atomic E-state index is 0.102. The molecule has 4 rings (SSSR count). The van der Waals surface area contributed by atoms with Gasteiger partial charge in [0.25, 0.3) is 0 Å². The van der Waals surface area contributed by atoms with Crippen LogP contribution in [0.2, 0.25) is 0 Å². The Labute approximate surface area is 222 Å². The molecule has 1 heterocycles. The standard InChI is InChI=1S/C25H19ClF7N5O/c26-23(10-9-16(11-19(23)27)15-5-2-1-3-6-15)13-34-20-36-21(38-22(37-20)39-14-24(28,29)30)35-18-8-4-7-17(12-18)25(31,32)33/h1-12,19H,13-14H2,(H2,34,35,36,37,38). The van der Waals surface area contributed by atoms with Crippen LogP contribution in [0, 0.1) is 0 Å². The summed E-state index contributed by atoms with van der Waals surface area (Å²) in [6.07, 6.45) is -6.63. The first-order valence-corrected chi connectivity index (χ1v) is 11.6. The molecule has 0 amide bonds. The first kappa shape index (κ1) is 28.1. The lowest BCUT2D eigenvalue weighted by Crippen LogP contribution is -2.39. The molecule has 14 heteroatoms. The largest absolute Gasteiger partial charge is 0.454 e. The van der Waals surface area contributed by atoms with Gasteiger partial charge < -0.3 is 15.4 Å². The minimum atomic E-state index is -4.72. The molecule has 0 saturated heterocycles. The lowest BCUT2D eigenvalue weighted by molar-refractivity contribution is -0.154. The fourth-order valence-electron chi connectivity index (χ4n) is 3.47. The van der Waals surface area contributed by atoms with Gasteiger partial charge in [-0.15, -0.1) is 11.6 Å². The number of aromatic nitrogens is 3. The molecule has 0 saturated carbocycles. The summed E-state index contributed by atoms with van der Waals surface area (Å²) in [5.41, 5.74) is 0.306. The third-order valence-electron chi connectivity index (χ3n) is 5.37. The van der Waals surface area contributed by atoms with E-state index in [4.69, 9.17) is 11.6 Å². The van der Waals surface area contributed by atoms with Crippen LogP contribution in [0.3, 0.4) is 0 Å². The number of anilines is 3. The molecule has 2 N–H and O–H groups in total. The van der Waals surface area contributed by atoms with Gasteiger partial charge in [0, 0.05) is 12.2 Å². The lowest BCUT2D eigenvalue weighted by atomic mass is 9.91. The summed E-state index contributed by atoms with van der Waals surface area (Å²) in [6, 6.07) is 12.2. The van der Waals surface area contributed by atoms with E-state index in [0.717, 1.165) is 23.8 Å². The summed E-state index contributed by atoms with van der Waals surface area (Å²) in [5, 5.41) is 5.12. The summed E-state index contributed by atoms with van der Waals surface area (Å²) in [4.78, 5) is 9.78. The van der Waals surface area contributed by atoms with Gasteiger partial charge in [-0.2, -0.15) is 41.3 Å².